The first-order chi connectivity index (χ1) is 20.2. The number of benzene rings is 2. The van der Waals surface area contributed by atoms with Crippen LogP contribution in [0.1, 0.15) is 38.3 Å². The molecule has 0 radical (unpaired) electrons. The summed E-state index contributed by atoms with van der Waals surface area (Å²) >= 11 is 0. The van der Waals surface area contributed by atoms with Gasteiger partial charge in [-0.15, -0.1) is 5.06 Å². The van der Waals surface area contributed by atoms with Crippen molar-refractivity contribution in [2.24, 2.45) is 0 Å². The van der Waals surface area contributed by atoms with Crippen LogP contribution in [-0.2, 0) is 42.7 Å². The summed E-state index contributed by atoms with van der Waals surface area (Å²) in [6, 6.07) is 18.3. The highest BCUT2D eigenvalue weighted by Crippen LogP contribution is 2.41. The van der Waals surface area contributed by atoms with Crippen LogP contribution >= 0.6 is 0 Å². The van der Waals surface area contributed by atoms with Crippen LogP contribution in [0, 0.1) is 0 Å². The second-order valence-electron chi connectivity index (χ2n) is 9.85. The van der Waals surface area contributed by atoms with Gasteiger partial charge in [0, 0.05) is 0 Å². The van der Waals surface area contributed by atoms with Gasteiger partial charge in [0.15, 0.2) is 11.2 Å². The number of aromatic amines is 1. The fraction of sp³-hybridized carbons (Fsp3) is 0.345. The maximum Gasteiger partial charge on any atom is 0.437 e. The number of imidazole rings is 1. The van der Waals surface area contributed by atoms with E-state index >= 15 is 0 Å². The molecule has 0 unspecified atom stereocenters. The number of carbonyl (C=O) groups is 2. The van der Waals surface area contributed by atoms with Crippen LogP contribution in [0.25, 0.3) is 11.2 Å². The van der Waals surface area contributed by atoms with Crippen molar-refractivity contribution in [1.82, 2.24) is 24.6 Å². The van der Waals surface area contributed by atoms with E-state index in [9.17, 15) is 14.4 Å². The van der Waals surface area contributed by atoms with E-state index in [0.29, 0.717) is 12.0 Å². The van der Waals surface area contributed by atoms with Gasteiger partial charge in [-0.3, -0.25) is 19.2 Å². The molecule has 2 heterocycles. The molecular formula is C29H34N6O7. The number of hydrogen-bond donors (Lipinski definition) is 2. The number of aromatic nitrogens is 4. The molecule has 222 valence electrons. The van der Waals surface area contributed by atoms with Crippen molar-refractivity contribution in [3.05, 3.63) is 88.5 Å². The predicted octanol–water partition coefficient (Wildman–Crippen LogP) is 3.50. The van der Waals surface area contributed by atoms with Gasteiger partial charge in [0.25, 0.3) is 11.2 Å². The molecule has 0 bridgehead atoms. The monoisotopic (exact) mass is 578 g/mol. The number of rotatable bonds is 12. The lowest BCUT2D eigenvalue weighted by molar-refractivity contribution is -0.275. The second-order valence-corrected chi connectivity index (χ2v) is 9.85. The van der Waals surface area contributed by atoms with Crippen LogP contribution in [0.3, 0.4) is 0 Å². The zero-order chi connectivity index (χ0) is 30.3. The normalized spacial score (nSPS) is 13.0. The highest BCUT2D eigenvalue weighted by molar-refractivity contribution is 5.87. The number of nitrogens with zero attached hydrogens (tertiary/aromatic N) is 4. The maximum atomic E-state index is 14.3. The van der Waals surface area contributed by atoms with Crippen molar-refractivity contribution >= 4 is 29.2 Å². The zero-order valence-corrected chi connectivity index (χ0v) is 23.9. The van der Waals surface area contributed by atoms with Crippen LogP contribution in [0.2, 0.25) is 0 Å². The number of nitrogens with one attached hydrogen (secondary N) is 1. The second kappa shape index (κ2) is 12.8. The van der Waals surface area contributed by atoms with Crippen LogP contribution in [0.5, 0.6) is 0 Å². The highest BCUT2D eigenvalue weighted by Gasteiger charge is 2.64. The first-order valence-electron chi connectivity index (χ1n) is 13.3. The molecule has 0 spiro atoms. The Morgan fingerprint density at radius 1 is 1.00 bits per heavy atom. The maximum absolute atomic E-state index is 14.3. The van der Waals surface area contributed by atoms with Gasteiger partial charge in [0.2, 0.25) is 5.95 Å². The molecule has 0 aliphatic rings. The van der Waals surface area contributed by atoms with Crippen molar-refractivity contribution < 1.29 is 28.6 Å². The minimum atomic E-state index is -2.30. The first kappa shape index (κ1) is 30.2. The molecule has 0 fully saturated rings. The van der Waals surface area contributed by atoms with E-state index in [1.807, 2.05) is 43.3 Å². The van der Waals surface area contributed by atoms with E-state index in [1.54, 1.807) is 38.1 Å². The lowest BCUT2D eigenvalue weighted by Gasteiger charge is -2.48. The molecular weight excluding hydrogens is 544 g/mol. The molecule has 42 heavy (non-hydrogen) atoms. The van der Waals surface area contributed by atoms with E-state index in [4.69, 9.17) is 24.8 Å². The number of nitrogen functional groups attached to an aromatic ring is 1. The molecule has 4 rings (SSSR count). The number of anilines is 1. The minimum absolute atomic E-state index is 0.00868. The van der Waals surface area contributed by atoms with E-state index in [0.717, 1.165) is 10.6 Å². The number of H-pyrrole nitrogens is 1. The summed E-state index contributed by atoms with van der Waals surface area (Å²) < 4.78 is 18.9. The van der Waals surface area contributed by atoms with Gasteiger partial charge in [0.05, 0.1) is 26.7 Å². The van der Waals surface area contributed by atoms with Gasteiger partial charge in [-0.2, -0.15) is 4.98 Å². The number of fused-ring (bicyclic) bond motifs is 1. The molecule has 1 amide bonds. The smallest absolute Gasteiger partial charge is 0.437 e. The standard InChI is InChI=1S/C29H34N6O7/c1-5-16-40-25(37)29(28(2,3)42-18-21-14-10-7-11-15-21,34-19-31-22-23(34)32-26(30)33-24(22)36)35(39-4)27(38)41-17-20-12-8-6-9-13-20/h6-15,19H,5,16-18H2,1-4H3,(H3,30,32,33,36)/t29-/m0/s1. The van der Waals surface area contributed by atoms with Gasteiger partial charge >= 0.3 is 12.1 Å². The molecule has 1 atom stereocenters. The van der Waals surface area contributed by atoms with Crippen molar-refractivity contribution in [2.75, 3.05) is 19.5 Å². The summed E-state index contributed by atoms with van der Waals surface area (Å²) in [6.45, 7) is 4.91. The Morgan fingerprint density at radius 3 is 2.21 bits per heavy atom. The number of nitrogens with two attached hydrogens (primary N) is 1. The SMILES string of the molecule is CCCOC(=O)[C@@](N(OC)C(=O)OCc1ccccc1)(n1cnc2c(=O)[nH]c(N)nc21)C(C)(C)OCc1ccccc1. The summed E-state index contributed by atoms with van der Waals surface area (Å²) in [5.41, 5.74) is 2.55. The molecule has 0 saturated heterocycles. The fourth-order valence-corrected chi connectivity index (χ4v) is 4.57. The third kappa shape index (κ3) is 5.83. The summed E-state index contributed by atoms with van der Waals surface area (Å²) in [6.07, 6.45) is 0.628. The third-order valence-corrected chi connectivity index (χ3v) is 6.63. The molecule has 2 aromatic carbocycles. The van der Waals surface area contributed by atoms with Crippen molar-refractivity contribution in [3.8, 4) is 0 Å². The van der Waals surface area contributed by atoms with E-state index in [-0.39, 0.29) is 36.9 Å². The lowest BCUT2D eigenvalue weighted by Crippen LogP contribution is -2.69. The fourth-order valence-electron chi connectivity index (χ4n) is 4.57. The topological polar surface area (TPSA) is 164 Å². The number of hydrogen-bond acceptors (Lipinski definition) is 10. The Morgan fingerprint density at radius 2 is 1.62 bits per heavy atom. The van der Waals surface area contributed by atoms with Gasteiger partial charge in [-0.25, -0.2) is 14.6 Å². The lowest BCUT2D eigenvalue weighted by atomic mass is 9.89. The minimum Gasteiger partial charge on any atom is -0.462 e. The molecule has 0 aliphatic heterocycles. The number of hydroxylamine groups is 2. The largest absolute Gasteiger partial charge is 0.462 e. The predicted molar refractivity (Wildman–Crippen MR) is 153 cm³/mol. The van der Waals surface area contributed by atoms with Gasteiger partial charge in [0.1, 0.15) is 12.2 Å². The molecule has 0 saturated carbocycles. The number of carbonyl (C=O) groups excluding carboxylic acids is 2. The van der Waals surface area contributed by atoms with E-state index in [1.165, 1.54) is 18.0 Å². The Bertz CT molecular complexity index is 1570. The van der Waals surface area contributed by atoms with Gasteiger partial charge in [-0.05, 0) is 31.4 Å². The Balaban J connectivity index is 1.93. The summed E-state index contributed by atoms with van der Waals surface area (Å²) in [5.74, 6) is -1.18. The van der Waals surface area contributed by atoms with Gasteiger partial charge in [-0.1, -0.05) is 67.6 Å². The average molecular weight is 579 g/mol. The van der Waals surface area contributed by atoms with Crippen LogP contribution < -0.4 is 11.3 Å². The van der Waals surface area contributed by atoms with Crippen LogP contribution in [0.4, 0.5) is 10.7 Å². The number of ether oxygens (including phenoxy) is 3. The average Bonchev–Trinajstić information content (AvgIpc) is 3.41. The number of amides is 1. The van der Waals surface area contributed by atoms with Crippen molar-refractivity contribution in [3.63, 3.8) is 0 Å². The Hall–Kier alpha value is -4.75. The van der Waals surface area contributed by atoms with E-state index < -0.39 is 28.9 Å². The molecule has 0 aliphatic carbocycles. The number of esters is 1. The summed E-state index contributed by atoms with van der Waals surface area (Å²) in [4.78, 5) is 57.4. The quantitative estimate of drug-likeness (QED) is 0.188. The highest BCUT2D eigenvalue weighted by atomic mass is 16.7. The molecule has 2 aromatic heterocycles. The third-order valence-electron chi connectivity index (χ3n) is 6.63. The van der Waals surface area contributed by atoms with Crippen LogP contribution in [-0.4, -0.2) is 56.0 Å². The van der Waals surface area contributed by atoms with E-state index in [2.05, 4.69) is 15.0 Å². The van der Waals surface area contributed by atoms with Crippen LogP contribution in [0.15, 0.2) is 71.8 Å². The first-order valence-corrected chi connectivity index (χ1v) is 13.3. The summed E-state index contributed by atoms with van der Waals surface area (Å²) in [5, 5.41) is 0.721. The molecule has 4 aromatic rings. The van der Waals surface area contributed by atoms with Crippen molar-refractivity contribution in [1.29, 1.82) is 0 Å². The summed E-state index contributed by atoms with van der Waals surface area (Å²) in [7, 11) is 1.20. The zero-order valence-electron chi connectivity index (χ0n) is 23.9. The molecule has 3 N–H and O–H groups in total. The van der Waals surface area contributed by atoms with Crippen molar-refractivity contribution in [2.45, 2.75) is 51.7 Å². The van der Waals surface area contributed by atoms with Gasteiger partial charge < -0.3 is 19.9 Å². The molecule has 13 nitrogen and oxygen atoms in total. The molecule has 13 heteroatoms. The Kier molecular flexibility index (Phi) is 9.23. The Labute approximate surface area is 242 Å².